The largest absolute Gasteiger partial charge is 0.399 e. The minimum Gasteiger partial charge on any atom is -0.399 e. The number of benzene rings is 1. The third-order valence-corrected chi connectivity index (χ3v) is 3.81. The summed E-state index contributed by atoms with van der Waals surface area (Å²) in [7, 11) is 0. The van der Waals surface area contributed by atoms with Crippen LogP contribution in [0.4, 0.5) is 5.69 Å². The summed E-state index contributed by atoms with van der Waals surface area (Å²) in [6.07, 6.45) is 5.30. The Hall–Kier alpha value is -1.02. The summed E-state index contributed by atoms with van der Waals surface area (Å²) < 4.78 is 0. The zero-order valence-electron chi connectivity index (χ0n) is 11.7. The molecule has 1 aliphatic carbocycles. The van der Waals surface area contributed by atoms with Gasteiger partial charge in [0.15, 0.2) is 0 Å². The molecule has 100 valence electrons. The highest BCUT2D eigenvalue weighted by atomic mass is 15.1. The fourth-order valence-corrected chi connectivity index (χ4v) is 2.36. The summed E-state index contributed by atoms with van der Waals surface area (Å²) >= 11 is 0. The van der Waals surface area contributed by atoms with Crippen molar-refractivity contribution in [3.8, 4) is 0 Å². The number of nitrogens with zero attached hydrogens (tertiary/aromatic N) is 1. The minimum absolute atomic E-state index is 0.678. The van der Waals surface area contributed by atoms with Crippen LogP contribution in [0.5, 0.6) is 0 Å². The minimum atomic E-state index is 0.678. The Labute approximate surface area is 111 Å². The molecule has 2 N–H and O–H groups in total. The summed E-state index contributed by atoms with van der Waals surface area (Å²) in [4.78, 5) is 2.63. The van der Waals surface area contributed by atoms with Gasteiger partial charge in [0.2, 0.25) is 0 Å². The molecule has 0 bridgehead atoms. The molecule has 0 saturated heterocycles. The Balaban J connectivity index is 1.73. The lowest BCUT2D eigenvalue weighted by Gasteiger charge is -2.26. The number of nitrogens with two attached hydrogens (primary N) is 1. The lowest BCUT2D eigenvalue weighted by molar-refractivity contribution is 0.210. The van der Waals surface area contributed by atoms with E-state index in [9.17, 15) is 0 Å². The Morgan fingerprint density at radius 2 is 1.89 bits per heavy atom. The Kier molecular flexibility index (Phi) is 4.65. The molecule has 0 heterocycles. The van der Waals surface area contributed by atoms with Gasteiger partial charge in [-0.15, -0.1) is 0 Å². The molecule has 1 aromatic rings. The fraction of sp³-hybridized carbons (Fsp3) is 0.625. The van der Waals surface area contributed by atoms with Gasteiger partial charge < -0.3 is 10.6 Å². The number of hydrogen-bond donors (Lipinski definition) is 1. The van der Waals surface area contributed by atoms with Crippen molar-refractivity contribution in [3.63, 3.8) is 0 Å². The van der Waals surface area contributed by atoms with Crippen molar-refractivity contribution >= 4 is 5.69 Å². The number of rotatable bonds is 7. The molecule has 0 unspecified atom stereocenters. The summed E-state index contributed by atoms with van der Waals surface area (Å²) in [5.41, 5.74) is 7.96. The van der Waals surface area contributed by atoms with Crippen molar-refractivity contribution in [1.82, 2.24) is 4.90 Å². The van der Waals surface area contributed by atoms with Crippen molar-refractivity contribution in [2.24, 2.45) is 5.92 Å². The van der Waals surface area contributed by atoms with Crippen molar-refractivity contribution in [3.05, 3.63) is 29.8 Å². The highest BCUT2D eigenvalue weighted by Gasteiger charge is 2.24. The van der Waals surface area contributed by atoms with E-state index in [0.29, 0.717) is 6.04 Å². The second-order valence-corrected chi connectivity index (χ2v) is 5.88. The molecule has 2 rings (SSSR count). The number of nitrogen functional groups attached to an aromatic ring is 1. The average molecular weight is 246 g/mol. The molecule has 0 radical (unpaired) electrons. The lowest BCUT2D eigenvalue weighted by Crippen LogP contribution is -2.33. The molecule has 0 atom stereocenters. The van der Waals surface area contributed by atoms with Gasteiger partial charge in [-0.2, -0.15) is 0 Å². The van der Waals surface area contributed by atoms with Crippen LogP contribution in [-0.2, 0) is 6.42 Å². The zero-order valence-corrected chi connectivity index (χ0v) is 11.7. The Morgan fingerprint density at radius 1 is 1.22 bits per heavy atom. The topological polar surface area (TPSA) is 29.3 Å². The first kappa shape index (κ1) is 13.4. The Morgan fingerprint density at radius 3 is 2.44 bits per heavy atom. The van der Waals surface area contributed by atoms with Gasteiger partial charge in [0.25, 0.3) is 0 Å². The first-order valence-corrected chi connectivity index (χ1v) is 7.23. The molecule has 2 heteroatoms. The predicted molar refractivity (Wildman–Crippen MR) is 78.6 cm³/mol. The molecular weight excluding hydrogens is 220 g/mol. The van der Waals surface area contributed by atoms with Gasteiger partial charge in [-0.3, -0.25) is 0 Å². The smallest absolute Gasteiger partial charge is 0.0314 e. The maximum absolute atomic E-state index is 5.70. The highest BCUT2D eigenvalue weighted by Crippen LogP contribution is 2.30. The standard InChI is InChI=1S/C16H26N2/c1-13(2)18(12-15-5-6-15)11-3-4-14-7-9-16(17)10-8-14/h7-10,13,15H,3-6,11-12,17H2,1-2H3. The van der Waals surface area contributed by atoms with Crippen molar-refractivity contribution < 1.29 is 0 Å². The first-order valence-electron chi connectivity index (χ1n) is 7.23. The van der Waals surface area contributed by atoms with Gasteiger partial charge in [0, 0.05) is 18.3 Å². The van der Waals surface area contributed by atoms with E-state index in [-0.39, 0.29) is 0 Å². The molecule has 0 amide bonds. The van der Waals surface area contributed by atoms with E-state index in [4.69, 9.17) is 5.73 Å². The van der Waals surface area contributed by atoms with E-state index >= 15 is 0 Å². The highest BCUT2D eigenvalue weighted by molar-refractivity contribution is 5.39. The molecule has 2 nitrogen and oxygen atoms in total. The molecule has 0 aromatic heterocycles. The van der Waals surface area contributed by atoms with Gasteiger partial charge in [-0.25, -0.2) is 0 Å². The van der Waals surface area contributed by atoms with E-state index in [1.165, 1.54) is 37.9 Å². The van der Waals surface area contributed by atoms with Gasteiger partial charge >= 0.3 is 0 Å². The predicted octanol–water partition coefficient (Wildman–Crippen LogP) is 3.32. The van der Waals surface area contributed by atoms with E-state index in [0.717, 1.165) is 18.0 Å². The molecule has 0 spiro atoms. The van der Waals surface area contributed by atoms with Crippen LogP contribution in [0.15, 0.2) is 24.3 Å². The second kappa shape index (κ2) is 6.24. The van der Waals surface area contributed by atoms with Crippen LogP contribution in [0.25, 0.3) is 0 Å². The third kappa shape index (κ3) is 4.34. The van der Waals surface area contributed by atoms with Crippen molar-refractivity contribution in [2.75, 3.05) is 18.8 Å². The van der Waals surface area contributed by atoms with Crippen LogP contribution in [-0.4, -0.2) is 24.0 Å². The number of aryl methyl sites for hydroxylation is 1. The van der Waals surface area contributed by atoms with E-state index in [1.807, 2.05) is 12.1 Å². The molecule has 0 aliphatic heterocycles. The second-order valence-electron chi connectivity index (χ2n) is 5.88. The van der Waals surface area contributed by atoms with Crippen LogP contribution in [0.2, 0.25) is 0 Å². The molecular formula is C16H26N2. The normalized spacial score (nSPS) is 15.6. The lowest BCUT2D eigenvalue weighted by atomic mass is 10.1. The van der Waals surface area contributed by atoms with E-state index in [1.54, 1.807) is 0 Å². The van der Waals surface area contributed by atoms with Gasteiger partial charge in [-0.1, -0.05) is 12.1 Å². The molecule has 1 saturated carbocycles. The van der Waals surface area contributed by atoms with E-state index < -0.39 is 0 Å². The van der Waals surface area contributed by atoms with Crippen LogP contribution < -0.4 is 5.73 Å². The third-order valence-electron chi connectivity index (χ3n) is 3.81. The molecule has 1 aromatic carbocycles. The fourth-order valence-electron chi connectivity index (χ4n) is 2.36. The first-order chi connectivity index (χ1) is 8.65. The molecule has 18 heavy (non-hydrogen) atoms. The SMILES string of the molecule is CC(C)N(CCCc1ccc(N)cc1)CC1CC1. The zero-order chi connectivity index (χ0) is 13.0. The van der Waals surface area contributed by atoms with Gasteiger partial charge in [0.1, 0.15) is 0 Å². The number of hydrogen-bond acceptors (Lipinski definition) is 2. The maximum atomic E-state index is 5.70. The van der Waals surface area contributed by atoms with Crippen LogP contribution >= 0.6 is 0 Å². The number of anilines is 1. The van der Waals surface area contributed by atoms with Crippen LogP contribution in [0.1, 0.15) is 38.7 Å². The van der Waals surface area contributed by atoms with Gasteiger partial charge in [-0.05, 0) is 69.7 Å². The quantitative estimate of drug-likeness (QED) is 0.748. The van der Waals surface area contributed by atoms with Crippen molar-refractivity contribution in [1.29, 1.82) is 0 Å². The Bertz CT molecular complexity index is 352. The van der Waals surface area contributed by atoms with Crippen LogP contribution in [0.3, 0.4) is 0 Å². The average Bonchev–Trinajstić information content (AvgIpc) is 3.14. The van der Waals surface area contributed by atoms with Gasteiger partial charge in [0.05, 0.1) is 0 Å². The van der Waals surface area contributed by atoms with Crippen molar-refractivity contribution in [2.45, 2.75) is 45.6 Å². The maximum Gasteiger partial charge on any atom is 0.0314 e. The molecule has 1 aliphatic rings. The summed E-state index contributed by atoms with van der Waals surface area (Å²) in [6, 6.07) is 8.97. The molecule has 1 fully saturated rings. The van der Waals surface area contributed by atoms with E-state index in [2.05, 4.69) is 30.9 Å². The van der Waals surface area contributed by atoms with Crippen LogP contribution in [0, 0.1) is 5.92 Å². The summed E-state index contributed by atoms with van der Waals surface area (Å²) in [5, 5.41) is 0. The summed E-state index contributed by atoms with van der Waals surface area (Å²) in [6.45, 7) is 7.15. The summed E-state index contributed by atoms with van der Waals surface area (Å²) in [5.74, 6) is 0.990. The monoisotopic (exact) mass is 246 g/mol.